The Morgan fingerprint density at radius 3 is 2.19 bits per heavy atom. The number of para-hydroxylation sites is 2. The average Bonchev–Trinajstić information content (AvgIpc) is 2.79. The van der Waals surface area contributed by atoms with Gasteiger partial charge < -0.3 is 15.0 Å². The highest BCUT2D eigenvalue weighted by Gasteiger charge is 2.16. The fraction of sp³-hybridized carbons (Fsp3) is 0.231. The minimum Gasteiger partial charge on any atom is -0.483 e. The smallest absolute Gasteiger partial charge is 0.262 e. The van der Waals surface area contributed by atoms with Crippen molar-refractivity contribution in [1.29, 1.82) is 0 Å². The maximum Gasteiger partial charge on any atom is 0.262 e. The zero-order valence-corrected chi connectivity index (χ0v) is 18.2. The van der Waals surface area contributed by atoms with Gasteiger partial charge in [-0.3, -0.25) is 9.59 Å². The minimum absolute atomic E-state index is 0.0813. The first kappa shape index (κ1) is 22.1. The van der Waals surface area contributed by atoms with Gasteiger partial charge in [0.15, 0.2) is 6.61 Å². The number of rotatable bonds is 8. The number of benzene rings is 3. The molecule has 0 spiro atoms. The van der Waals surface area contributed by atoms with Crippen LogP contribution in [-0.2, 0) is 4.79 Å². The molecule has 0 radical (unpaired) electrons. The maximum absolute atomic E-state index is 12.9. The molecule has 3 aromatic rings. The second-order valence-electron chi connectivity index (χ2n) is 7.49. The number of amides is 2. The fourth-order valence-electron chi connectivity index (χ4n) is 3.33. The summed E-state index contributed by atoms with van der Waals surface area (Å²) in [6.07, 6.45) is 0. The number of carbonyl (C=O) groups excluding carboxylic acids is 2. The van der Waals surface area contributed by atoms with Crippen molar-refractivity contribution >= 4 is 23.2 Å². The number of hydrogen-bond donors (Lipinski definition) is 1. The molecule has 2 amide bonds. The van der Waals surface area contributed by atoms with Crippen molar-refractivity contribution in [2.75, 3.05) is 23.4 Å². The Hall–Kier alpha value is -3.60. The van der Waals surface area contributed by atoms with E-state index in [9.17, 15) is 9.59 Å². The summed E-state index contributed by atoms with van der Waals surface area (Å²) in [4.78, 5) is 26.9. The lowest BCUT2D eigenvalue weighted by Crippen LogP contribution is -2.30. The standard InChI is InChI=1S/C26H28N2O3/c1-4-28(22-10-6-5-7-11-22)26(30)20-14-16-21(17-15-20)27-25(29)18-31-24-13-9-8-12-23(24)19(2)3/h5-17,19H,4,18H2,1-3H3,(H,27,29). The summed E-state index contributed by atoms with van der Waals surface area (Å²) < 4.78 is 5.72. The average molecular weight is 417 g/mol. The van der Waals surface area contributed by atoms with E-state index >= 15 is 0 Å². The number of carbonyl (C=O) groups is 2. The zero-order chi connectivity index (χ0) is 22.2. The number of nitrogens with zero attached hydrogens (tertiary/aromatic N) is 1. The Kier molecular flexibility index (Phi) is 7.44. The summed E-state index contributed by atoms with van der Waals surface area (Å²) in [5.41, 5.74) is 3.10. The van der Waals surface area contributed by atoms with E-state index in [0.717, 1.165) is 11.3 Å². The Balaban J connectivity index is 1.60. The Morgan fingerprint density at radius 2 is 1.55 bits per heavy atom. The van der Waals surface area contributed by atoms with Crippen LogP contribution in [0, 0.1) is 0 Å². The van der Waals surface area contributed by atoms with E-state index in [1.165, 1.54) is 0 Å². The molecule has 0 aromatic heterocycles. The summed E-state index contributed by atoms with van der Waals surface area (Å²) in [6.45, 7) is 6.60. The second kappa shape index (κ2) is 10.4. The Morgan fingerprint density at radius 1 is 0.903 bits per heavy atom. The molecular formula is C26H28N2O3. The molecule has 0 bridgehead atoms. The number of ether oxygens (including phenoxy) is 1. The van der Waals surface area contributed by atoms with E-state index < -0.39 is 0 Å². The van der Waals surface area contributed by atoms with Crippen molar-refractivity contribution < 1.29 is 14.3 Å². The third kappa shape index (κ3) is 5.72. The summed E-state index contributed by atoms with van der Waals surface area (Å²) >= 11 is 0. The topological polar surface area (TPSA) is 58.6 Å². The second-order valence-corrected chi connectivity index (χ2v) is 7.49. The van der Waals surface area contributed by atoms with Gasteiger partial charge in [-0.25, -0.2) is 0 Å². The van der Waals surface area contributed by atoms with Gasteiger partial charge in [0.1, 0.15) is 5.75 Å². The van der Waals surface area contributed by atoms with Crippen molar-refractivity contribution in [1.82, 2.24) is 0 Å². The monoisotopic (exact) mass is 416 g/mol. The van der Waals surface area contributed by atoms with Crippen LogP contribution in [0.4, 0.5) is 11.4 Å². The molecule has 3 rings (SSSR count). The van der Waals surface area contributed by atoms with Crippen LogP contribution >= 0.6 is 0 Å². The van der Waals surface area contributed by atoms with E-state index in [0.29, 0.717) is 29.5 Å². The lowest BCUT2D eigenvalue weighted by atomic mass is 10.0. The van der Waals surface area contributed by atoms with Gasteiger partial charge in [0.2, 0.25) is 0 Å². The first-order valence-corrected chi connectivity index (χ1v) is 10.5. The SMILES string of the molecule is CCN(C(=O)c1ccc(NC(=O)COc2ccccc2C(C)C)cc1)c1ccccc1. The van der Waals surface area contributed by atoms with E-state index in [-0.39, 0.29) is 18.4 Å². The first-order chi connectivity index (χ1) is 15.0. The van der Waals surface area contributed by atoms with E-state index in [4.69, 9.17) is 4.74 Å². The van der Waals surface area contributed by atoms with Gasteiger partial charge in [0, 0.05) is 23.5 Å². The van der Waals surface area contributed by atoms with E-state index in [1.807, 2.05) is 61.5 Å². The molecule has 0 heterocycles. The molecule has 0 fully saturated rings. The number of nitrogens with one attached hydrogen (secondary N) is 1. The van der Waals surface area contributed by atoms with Gasteiger partial charge in [-0.1, -0.05) is 50.2 Å². The molecule has 3 aromatic carbocycles. The molecule has 0 unspecified atom stereocenters. The molecule has 1 N–H and O–H groups in total. The highest BCUT2D eigenvalue weighted by Crippen LogP contribution is 2.25. The van der Waals surface area contributed by atoms with Crippen molar-refractivity contribution in [2.24, 2.45) is 0 Å². The lowest BCUT2D eigenvalue weighted by molar-refractivity contribution is -0.118. The highest BCUT2D eigenvalue weighted by molar-refractivity contribution is 6.06. The molecule has 31 heavy (non-hydrogen) atoms. The summed E-state index contributed by atoms with van der Waals surface area (Å²) in [7, 11) is 0. The van der Waals surface area contributed by atoms with Gasteiger partial charge in [-0.15, -0.1) is 0 Å². The largest absolute Gasteiger partial charge is 0.483 e. The van der Waals surface area contributed by atoms with Crippen molar-refractivity contribution in [3.63, 3.8) is 0 Å². The van der Waals surface area contributed by atoms with E-state index in [1.54, 1.807) is 29.2 Å². The molecule has 0 saturated carbocycles. The molecular weight excluding hydrogens is 388 g/mol. The van der Waals surface area contributed by atoms with Crippen LogP contribution in [0.1, 0.15) is 42.6 Å². The van der Waals surface area contributed by atoms with Crippen molar-refractivity contribution in [2.45, 2.75) is 26.7 Å². The normalized spacial score (nSPS) is 10.6. The molecule has 0 aliphatic rings. The van der Waals surface area contributed by atoms with Gasteiger partial charge >= 0.3 is 0 Å². The molecule has 0 aliphatic heterocycles. The molecule has 0 atom stereocenters. The molecule has 5 nitrogen and oxygen atoms in total. The van der Waals surface area contributed by atoms with Crippen molar-refractivity contribution in [3.05, 3.63) is 90.0 Å². The van der Waals surface area contributed by atoms with Crippen LogP contribution in [-0.4, -0.2) is 25.0 Å². The fourth-order valence-corrected chi connectivity index (χ4v) is 3.33. The van der Waals surface area contributed by atoms with Crippen LogP contribution in [0.3, 0.4) is 0 Å². The number of anilines is 2. The quantitative estimate of drug-likeness (QED) is 0.528. The van der Waals surface area contributed by atoms with E-state index in [2.05, 4.69) is 19.2 Å². The summed E-state index contributed by atoms with van der Waals surface area (Å²) in [6, 6.07) is 24.2. The summed E-state index contributed by atoms with van der Waals surface area (Å²) in [5, 5.41) is 2.81. The predicted octanol–water partition coefficient (Wildman–Crippen LogP) is 5.49. The molecule has 0 aliphatic carbocycles. The Bertz CT molecular complexity index is 1010. The van der Waals surface area contributed by atoms with Crippen molar-refractivity contribution in [3.8, 4) is 5.75 Å². The first-order valence-electron chi connectivity index (χ1n) is 10.5. The van der Waals surface area contributed by atoms with Crippen LogP contribution in [0.15, 0.2) is 78.9 Å². The van der Waals surface area contributed by atoms with Crippen LogP contribution in [0.25, 0.3) is 0 Å². The van der Waals surface area contributed by atoms with Crippen LogP contribution < -0.4 is 15.0 Å². The summed E-state index contributed by atoms with van der Waals surface area (Å²) in [5.74, 6) is 0.689. The lowest BCUT2D eigenvalue weighted by Gasteiger charge is -2.21. The van der Waals surface area contributed by atoms with Gasteiger partial charge in [-0.05, 0) is 60.9 Å². The predicted molar refractivity (Wildman–Crippen MR) is 125 cm³/mol. The highest BCUT2D eigenvalue weighted by atomic mass is 16.5. The number of hydrogen-bond acceptors (Lipinski definition) is 3. The van der Waals surface area contributed by atoms with Gasteiger partial charge in [-0.2, -0.15) is 0 Å². The third-order valence-electron chi connectivity index (χ3n) is 4.94. The Labute approximate surface area is 183 Å². The van der Waals surface area contributed by atoms with Gasteiger partial charge in [0.05, 0.1) is 0 Å². The molecule has 5 heteroatoms. The van der Waals surface area contributed by atoms with Crippen LogP contribution in [0.2, 0.25) is 0 Å². The zero-order valence-electron chi connectivity index (χ0n) is 18.2. The molecule has 160 valence electrons. The van der Waals surface area contributed by atoms with Gasteiger partial charge in [0.25, 0.3) is 11.8 Å². The third-order valence-corrected chi connectivity index (χ3v) is 4.94. The van der Waals surface area contributed by atoms with Crippen LogP contribution in [0.5, 0.6) is 5.75 Å². The molecule has 0 saturated heterocycles. The maximum atomic E-state index is 12.9. The minimum atomic E-state index is -0.253.